The van der Waals surface area contributed by atoms with Crippen LogP contribution in [0.15, 0.2) is 59.9 Å². The molecule has 0 unspecified atom stereocenters. The van der Waals surface area contributed by atoms with Gasteiger partial charge in [-0.2, -0.15) is 17.6 Å². The summed E-state index contributed by atoms with van der Waals surface area (Å²) in [5, 5.41) is 16.5. The zero-order valence-electron chi connectivity index (χ0n) is 28.0. The van der Waals surface area contributed by atoms with E-state index in [4.69, 9.17) is 18.9 Å². The lowest BCUT2D eigenvalue weighted by atomic mass is 9.90. The van der Waals surface area contributed by atoms with Crippen LogP contribution in [0.1, 0.15) is 43.7 Å². The zero-order chi connectivity index (χ0) is 36.7. The van der Waals surface area contributed by atoms with Gasteiger partial charge in [0.1, 0.15) is 17.9 Å². The smallest absolute Gasteiger partial charge is 0.416 e. The lowest BCUT2D eigenvalue weighted by Gasteiger charge is -2.46. The molecule has 3 heterocycles. The Bertz CT molecular complexity index is 1880. The Morgan fingerprint density at radius 1 is 1.04 bits per heavy atom. The Balaban J connectivity index is 1.33. The number of aliphatic hydroxyl groups is 1. The Morgan fingerprint density at radius 2 is 1.82 bits per heavy atom. The zero-order valence-corrected chi connectivity index (χ0v) is 28.0. The Labute approximate surface area is 290 Å². The van der Waals surface area contributed by atoms with Crippen LogP contribution < -0.4 is 19.5 Å². The molecule has 10 nitrogen and oxygen atoms in total. The number of nitrogens with zero attached hydrogens (tertiary/aromatic N) is 2. The fourth-order valence-electron chi connectivity index (χ4n) is 6.81. The number of hydrogen-bond acceptors (Lipinski definition) is 8. The van der Waals surface area contributed by atoms with Crippen molar-refractivity contribution in [3.05, 3.63) is 82.6 Å². The lowest BCUT2D eigenvalue weighted by molar-refractivity contribution is -0.160. The summed E-state index contributed by atoms with van der Waals surface area (Å²) >= 11 is 0. The minimum Gasteiger partial charge on any atom is -0.509 e. The summed E-state index contributed by atoms with van der Waals surface area (Å²) in [4.78, 5) is 28.0. The van der Waals surface area contributed by atoms with E-state index in [2.05, 4.69) is 5.32 Å². The highest BCUT2D eigenvalue weighted by Gasteiger charge is 2.53. The molecule has 3 aliphatic rings. The predicted molar refractivity (Wildman–Crippen MR) is 174 cm³/mol. The van der Waals surface area contributed by atoms with Gasteiger partial charge in [0.05, 0.1) is 38.0 Å². The second-order valence-corrected chi connectivity index (χ2v) is 12.6. The Hall–Kier alpha value is -4.89. The SMILES string of the molecule is COc1cccc(-c2cc(C(F)(F)F)ccc2NC(=O)C2=C(O)[C@@]3(C)CCCN3N(Cc3ccc(OC[C@H]4CCCO4)c(F)c3F)C2=O)c1OC. The maximum Gasteiger partial charge on any atom is 0.416 e. The molecule has 272 valence electrons. The van der Waals surface area contributed by atoms with Gasteiger partial charge in [0.25, 0.3) is 11.8 Å². The molecule has 0 spiro atoms. The molecule has 2 fully saturated rings. The van der Waals surface area contributed by atoms with Crippen molar-refractivity contribution < 1.29 is 55.6 Å². The number of halogens is 5. The molecule has 3 aromatic carbocycles. The molecule has 51 heavy (non-hydrogen) atoms. The number of fused-ring (bicyclic) bond motifs is 1. The third kappa shape index (κ3) is 6.67. The van der Waals surface area contributed by atoms with Gasteiger partial charge in [0.2, 0.25) is 5.82 Å². The van der Waals surface area contributed by atoms with Crippen molar-refractivity contribution in [1.29, 1.82) is 0 Å². The quantitative estimate of drug-likeness (QED) is 0.175. The van der Waals surface area contributed by atoms with Crippen LogP contribution in [0.3, 0.4) is 0 Å². The summed E-state index contributed by atoms with van der Waals surface area (Å²) in [5.41, 5.74) is -3.31. The van der Waals surface area contributed by atoms with Crippen molar-refractivity contribution in [3.8, 4) is 28.4 Å². The van der Waals surface area contributed by atoms with Crippen LogP contribution in [-0.4, -0.2) is 72.6 Å². The highest BCUT2D eigenvalue weighted by atomic mass is 19.4. The first-order chi connectivity index (χ1) is 24.3. The second kappa shape index (κ2) is 14.0. The van der Waals surface area contributed by atoms with E-state index in [1.54, 1.807) is 13.0 Å². The van der Waals surface area contributed by atoms with E-state index in [1.165, 1.54) is 43.5 Å². The molecule has 0 aromatic heterocycles. The topological polar surface area (TPSA) is 110 Å². The number of hydrogen-bond donors (Lipinski definition) is 2. The molecule has 2 N–H and O–H groups in total. The van der Waals surface area contributed by atoms with Crippen molar-refractivity contribution in [2.45, 2.75) is 57.0 Å². The molecule has 0 bridgehead atoms. The van der Waals surface area contributed by atoms with Gasteiger partial charge in [-0.1, -0.05) is 18.2 Å². The number of benzene rings is 3. The van der Waals surface area contributed by atoms with E-state index in [1.807, 2.05) is 0 Å². The fraction of sp³-hybridized carbons (Fsp3) is 0.389. The highest BCUT2D eigenvalue weighted by Crippen LogP contribution is 2.45. The first-order valence-electron chi connectivity index (χ1n) is 16.3. The average molecular weight is 718 g/mol. The van der Waals surface area contributed by atoms with Gasteiger partial charge >= 0.3 is 6.18 Å². The number of aliphatic hydroxyl groups excluding tert-OH is 1. The molecular formula is C36H36F5N3O7. The first kappa shape index (κ1) is 35.9. The van der Waals surface area contributed by atoms with Crippen LogP contribution in [0, 0.1) is 11.6 Å². The van der Waals surface area contributed by atoms with Crippen molar-refractivity contribution in [1.82, 2.24) is 10.0 Å². The number of nitrogens with one attached hydrogen (secondary N) is 1. The standard InChI is InChI=1S/C36H36F5N3O7/c1-35-14-6-15-44(35)43(18-20-10-13-26(30(38)29(20)37)51-19-22-7-5-16-50-22)34(47)28(32(35)45)33(46)42-25-12-11-21(36(39,40)41)17-24(25)23-8-4-9-27(48-2)31(23)49-3/h4,8-13,17,22,45H,5-7,14-16,18-19H2,1-3H3,(H,42,46)/t22-,35-/m1/s1. The number of anilines is 1. The van der Waals surface area contributed by atoms with E-state index < -0.39 is 58.6 Å². The molecule has 0 radical (unpaired) electrons. The Kier molecular flexibility index (Phi) is 9.88. The first-order valence-corrected chi connectivity index (χ1v) is 16.3. The van der Waals surface area contributed by atoms with Crippen LogP contribution in [0.2, 0.25) is 0 Å². The number of carbonyl (C=O) groups is 2. The number of amides is 2. The number of rotatable bonds is 10. The third-order valence-electron chi connectivity index (χ3n) is 9.50. The van der Waals surface area contributed by atoms with Crippen LogP contribution in [0.5, 0.6) is 17.2 Å². The number of carbonyl (C=O) groups excluding carboxylic acids is 2. The van der Waals surface area contributed by atoms with Crippen LogP contribution in [-0.2, 0) is 27.0 Å². The number of methoxy groups -OCH3 is 2. The highest BCUT2D eigenvalue weighted by molar-refractivity contribution is 6.24. The fourth-order valence-corrected chi connectivity index (χ4v) is 6.81. The van der Waals surface area contributed by atoms with Gasteiger partial charge in [-0.05, 0) is 62.9 Å². The largest absolute Gasteiger partial charge is 0.509 e. The molecule has 2 atom stereocenters. The van der Waals surface area contributed by atoms with Crippen molar-refractivity contribution >= 4 is 17.5 Å². The van der Waals surface area contributed by atoms with E-state index in [0.717, 1.165) is 36.0 Å². The molecule has 2 amide bonds. The molecule has 15 heteroatoms. The third-order valence-corrected chi connectivity index (χ3v) is 9.50. The van der Waals surface area contributed by atoms with Crippen molar-refractivity contribution in [2.24, 2.45) is 0 Å². The number of hydrazine groups is 1. The van der Waals surface area contributed by atoms with E-state index in [-0.39, 0.29) is 58.9 Å². The van der Waals surface area contributed by atoms with E-state index in [9.17, 15) is 27.9 Å². The minimum atomic E-state index is -4.74. The minimum absolute atomic E-state index is 0.0419. The van der Waals surface area contributed by atoms with Gasteiger partial charge in [-0.3, -0.25) is 14.6 Å². The van der Waals surface area contributed by atoms with Crippen LogP contribution >= 0.6 is 0 Å². The molecule has 2 saturated heterocycles. The van der Waals surface area contributed by atoms with Gasteiger partial charge in [0, 0.05) is 35.5 Å². The lowest BCUT2D eigenvalue weighted by Crippen LogP contribution is -2.60. The molecule has 6 rings (SSSR count). The normalized spacial score (nSPS) is 20.8. The van der Waals surface area contributed by atoms with E-state index in [0.29, 0.717) is 19.4 Å². The van der Waals surface area contributed by atoms with Gasteiger partial charge in [-0.15, -0.1) is 0 Å². The summed E-state index contributed by atoms with van der Waals surface area (Å²) in [5.74, 6) is -5.22. The second-order valence-electron chi connectivity index (χ2n) is 12.6. The van der Waals surface area contributed by atoms with Crippen molar-refractivity contribution in [3.63, 3.8) is 0 Å². The monoisotopic (exact) mass is 717 g/mol. The average Bonchev–Trinajstić information content (AvgIpc) is 3.78. The van der Waals surface area contributed by atoms with E-state index >= 15 is 8.78 Å². The maximum atomic E-state index is 15.5. The molecule has 0 aliphatic carbocycles. The number of alkyl halides is 3. The van der Waals surface area contributed by atoms with Crippen LogP contribution in [0.4, 0.5) is 27.6 Å². The van der Waals surface area contributed by atoms with Crippen molar-refractivity contribution in [2.75, 3.05) is 39.3 Å². The van der Waals surface area contributed by atoms with Gasteiger partial charge in [0.15, 0.2) is 23.1 Å². The Morgan fingerprint density at radius 3 is 2.51 bits per heavy atom. The summed E-state index contributed by atoms with van der Waals surface area (Å²) < 4.78 is 93.9. The van der Waals surface area contributed by atoms with Crippen LogP contribution in [0.25, 0.3) is 11.1 Å². The summed E-state index contributed by atoms with van der Waals surface area (Å²) in [6.45, 7) is 1.97. The number of ether oxygens (including phenoxy) is 4. The molecule has 3 aliphatic heterocycles. The van der Waals surface area contributed by atoms with Gasteiger partial charge in [-0.25, -0.2) is 9.40 Å². The molecule has 3 aromatic rings. The van der Waals surface area contributed by atoms with Gasteiger partial charge < -0.3 is 29.4 Å². The summed E-state index contributed by atoms with van der Waals surface area (Å²) in [7, 11) is 2.66. The molecule has 0 saturated carbocycles. The predicted octanol–water partition coefficient (Wildman–Crippen LogP) is 6.79. The number of para-hydroxylation sites is 1. The maximum absolute atomic E-state index is 15.5. The summed E-state index contributed by atoms with van der Waals surface area (Å²) in [6, 6.07) is 9.68. The summed E-state index contributed by atoms with van der Waals surface area (Å²) in [6.07, 6.45) is -2.60. The molecular weight excluding hydrogens is 681 g/mol.